The molecule has 0 saturated carbocycles. The largest absolute Gasteiger partial charge is 0.389 e. The Morgan fingerprint density at radius 3 is 2.74 bits per heavy atom. The lowest BCUT2D eigenvalue weighted by Crippen LogP contribution is -2.63. The van der Waals surface area contributed by atoms with Crippen LogP contribution in [0.1, 0.15) is 11.9 Å². The van der Waals surface area contributed by atoms with Crippen LogP contribution in [0.2, 0.25) is 0 Å². The van der Waals surface area contributed by atoms with E-state index in [4.69, 9.17) is 25.5 Å². The van der Waals surface area contributed by atoms with E-state index in [1.165, 1.54) is 0 Å². The molecule has 9 heteroatoms. The number of primary amides is 1. The van der Waals surface area contributed by atoms with Crippen molar-refractivity contribution < 1.29 is 24.1 Å². The maximum Gasteiger partial charge on any atom is 0.249 e. The van der Waals surface area contributed by atoms with Crippen LogP contribution in [-0.2, 0) is 19.0 Å². The molecule has 6 atom stereocenters. The molecular formula is C14H16N4O5. The summed E-state index contributed by atoms with van der Waals surface area (Å²) in [6, 6.07) is 8.22. The highest BCUT2D eigenvalue weighted by molar-refractivity contribution is 5.79. The van der Waals surface area contributed by atoms with Gasteiger partial charge in [0.1, 0.15) is 18.3 Å². The maximum atomic E-state index is 11.4. The maximum absolute atomic E-state index is 11.4. The molecule has 2 aliphatic rings. The van der Waals surface area contributed by atoms with Gasteiger partial charge in [0.25, 0.3) is 0 Å². The Hall–Kier alpha value is -2.16. The van der Waals surface area contributed by atoms with Gasteiger partial charge in [0.05, 0.1) is 12.6 Å². The summed E-state index contributed by atoms with van der Waals surface area (Å²) in [7, 11) is 0. The summed E-state index contributed by atoms with van der Waals surface area (Å²) < 4.78 is 16.9. The van der Waals surface area contributed by atoms with Crippen molar-refractivity contribution in [1.82, 2.24) is 0 Å². The summed E-state index contributed by atoms with van der Waals surface area (Å²) in [6.45, 7) is 0.123. The Bertz CT molecular complexity index is 621. The second-order valence-electron chi connectivity index (χ2n) is 5.36. The zero-order valence-corrected chi connectivity index (χ0v) is 12.1. The Balaban J connectivity index is 1.84. The van der Waals surface area contributed by atoms with Gasteiger partial charge in [0, 0.05) is 10.5 Å². The molecule has 0 spiro atoms. The first-order valence-corrected chi connectivity index (χ1v) is 7.11. The minimum atomic E-state index is -1.38. The van der Waals surface area contributed by atoms with Crippen molar-refractivity contribution in [3.63, 3.8) is 0 Å². The molecule has 23 heavy (non-hydrogen) atoms. The molecule has 1 aromatic rings. The molecule has 2 heterocycles. The zero-order valence-electron chi connectivity index (χ0n) is 12.1. The predicted molar refractivity (Wildman–Crippen MR) is 76.8 cm³/mol. The number of azide groups is 1. The van der Waals surface area contributed by atoms with Crippen molar-refractivity contribution in [3.05, 3.63) is 46.3 Å². The molecule has 9 nitrogen and oxygen atoms in total. The fourth-order valence-corrected chi connectivity index (χ4v) is 2.82. The number of benzene rings is 1. The van der Waals surface area contributed by atoms with E-state index in [1.54, 1.807) is 0 Å². The highest BCUT2D eigenvalue weighted by atomic mass is 16.7. The first-order chi connectivity index (χ1) is 11.1. The number of fused-ring (bicyclic) bond motifs is 1. The number of carbonyl (C=O) groups excluding carboxylic acids is 1. The van der Waals surface area contributed by atoms with Crippen molar-refractivity contribution in [1.29, 1.82) is 0 Å². The second-order valence-corrected chi connectivity index (χ2v) is 5.36. The van der Waals surface area contributed by atoms with E-state index < -0.39 is 42.7 Å². The van der Waals surface area contributed by atoms with Crippen molar-refractivity contribution in [2.24, 2.45) is 10.8 Å². The quantitative estimate of drug-likeness (QED) is 0.471. The second kappa shape index (κ2) is 6.53. The molecule has 122 valence electrons. The van der Waals surface area contributed by atoms with Crippen LogP contribution in [0.3, 0.4) is 0 Å². The fraction of sp³-hybridized carbons (Fsp3) is 0.500. The number of hydrogen-bond donors (Lipinski definition) is 2. The van der Waals surface area contributed by atoms with Crippen LogP contribution in [0.15, 0.2) is 35.4 Å². The first kappa shape index (κ1) is 15.7. The van der Waals surface area contributed by atoms with Crippen molar-refractivity contribution >= 4 is 5.91 Å². The molecule has 3 rings (SSSR count). The van der Waals surface area contributed by atoms with Crippen molar-refractivity contribution in [2.75, 3.05) is 6.61 Å². The Kier molecular flexibility index (Phi) is 4.46. The predicted octanol–water partition coefficient (Wildman–Crippen LogP) is 0.393. The third-order valence-electron chi connectivity index (χ3n) is 3.91. The van der Waals surface area contributed by atoms with Crippen LogP contribution < -0.4 is 5.73 Å². The minimum Gasteiger partial charge on any atom is -0.389 e. The lowest BCUT2D eigenvalue weighted by atomic mass is 9.92. The summed E-state index contributed by atoms with van der Waals surface area (Å²) in [5.74, 6) is -0.834. The van der Waals surface area contributed by atoms with E-state index in [2.05, 4.69) is 10.0 Å². The van der Waals surface area contributed by atoms with Crippen LogP contribution in [0.5, 0.6) is 0 Å². The van der Waals surface area contributed by atoms with Crippen molar-refractivity contribution in [2.45, 2.75) is 36.7 Å². The first-order valence-electron chi connectivity index (χ1n) is 7.11. The monoisotopic (exact) mass is 320 g/mol. The van der Waals surface area contributed by atoms with E-state index in [0.29, 0.717) is 0 Å². The number of aliphatic hydroxyl groups is 1. The average molecular weight is 320 g/mol. The lowest BCUT2D eigenvalue weighted by Gasteiger charge is -2.46. The van der Waals surface area contributed by atoms with Gasteiger partial charge in [0.2, 0.25) is 5.91 Å². The number of aliphatic hydroxyl groups excluding tert-OH is 1. The molecule has 0 bridgehead atoms. The third-order valence-corrected chi connectivity index (χ3v) is 3.91. The highest BCUT2D eigenvalue weighted by Crippen LogP contribution is 2.35. The van der Waals surface area contributed by atoms with Gasteiger partial charge in [0.15, 0.2) is 12.4 Å². The SMILES string of the molecule is [N-]=[N+]=NC1[C@@H](O)[C@H](C(N)=O)O[C@@H]2CO[C@H](c3ccccc3)O[C@H]12. The number of nitrogens with two attached hydrogens (primary N) is 1. The summed E-state index contributed by atoms with van der Waals surface area (Å²) >= 11 is 0. The molecule has 2 aliphatic heterocycles. The molecule has 0 radical (unpaired) electrons. The van der Waals surface area contributed by atoms with Gasteiger partial charge in [-0.3, -0.25) is 4.79 Å². The standard InChI is InChI=1S/C14H16N4O5/c15-13(20)12-10(19)9(17-18-16)11-8(22-12)6-21-14(23-11)7-4-2-1-3-5-7/h1-5,8-12,14,19H,6H2,(H2,15,20)/t8-,9?,10-,11+,12-,14+/m1/s1. The topological polar surface area (TPSA) is 140 Å². The third kappa shape index (κ3) is 3.00. The van der Waals surface area contributed by atoms with Gasteiger partial charge >= 0.3 is 0 Å². The van der Waals surface area contributed by atoms with E-state index in [-0.39, 0.29) is 6.61 Å². The zero-order chi connectivity index (χ0) is 16.4. The number of nitrogens with zero attached hydrogens (tertiary/aromatic N) is 3. The smallest absolute Gasteiger partial charge is 0.249 e. The summed E-state index contributed by atoms with van der Waals surface area (Å²) in [6.07, 6.45) is -4.72. The molecule has 1 aromatic carbocycles. The van der Waals surface area contributed by atoms with Gasteiger partial charge in [-0.25, -0.2) is 0 Å². The molecule has 0 aromatic heterocycles. The van der Waals surface area contributed by atoms with Gasteiger partial charge in [-0.2, -0.15) is 0 Å². The Morgan fingerprint density at radius 1 is 1.35 bits per heavy atom. The van der Waals surface area contributed by atoms with Crippen molar-refractivity contribution in [3.8, 4) is 0 Å². The lowest BCUT2D eigenvalue weighted by molar-refractivity contribution is -0.302. The number of rotatable bonds is 3. The summed E-state index contributed by atoms with van der Waals surface area (Å²) in [5, 5.41) is 13.8. The molecule has 1 unspecified atom stereocenters. The van der Waals surface area contributed by atoms with Crippen LogP contribution in [-0.4, -0.2) is 48.1 Å². The Morgan fingerprint density at radius 2 is 2.09 bits per heavy atom. The van der Waals surface area contributed by atoms with Crippen LogP contribution in [0.25, 0.3) is 10.4 Å². The number of carbonyl (C=O) groups is 1. The molecule has 3 N–H and O–H groups in total. The number of amides is 1. The number of hydrogen-bond acceptors (Lipinski definition) is 6. The van der Waals surface area contributed by atoms with E-state index in [9.17, 15) is 9.90 Å². The van der Waals surface area contributed by atoms with Gasteiger partial charge in [-0.1, -0.05) is 35.4 Å². The van der Waals surface area contributed by atoms with E-state index in [0.717, 1.165) is 5.56 Å². The van der Waals surface area contributed by atoms with Crippen LogP contribution in [0, 0.1) is 0 Å². The van der Waals surface area contributed by atoms with Gasteiger partial charge in [-0.15, -0.1) is 0 Å². The van der Waals surface area contributed by atoms with Crippen LogP contribution in [0.4, 0.5) is 0 Å². The highest BCUT2D eigenvalue weighted by Gasteiger charge is 2.50. The van der Waals surface area contributed by atoms with Gasteiger partial charge < -0.3 is 25.1 Å². The van der Waals surface area contributed by atoms with Gasteiger partial charge in [-0.05, 0) is 5.53 Å². The molecule has 0 aliphatic carbocycles. The molecular weight excluding hydrogens is 304 g/mol. The Labute approximate surface area is 131 Å². The average Bonchev–Trinajstić information content (AvgIpc) is 2.57. The fourth-order valence-electron chi connectivity index (χ4n) is 2.82. The molecule has 2 saturated heterocycles. The van der Waals surface area contributed by atoms with E-state index in [1.807, 2.05) is 30.3 Å². The minimum absolute atomic E-state index is 0.123. The normalized spacial score (nSPS) is 36.6. The number of ether oxygens (including phenoxy) is 3. The van der Waals surface area contributed by atoms with Crippen LogP contribution >= 0.6 is 0 Å². The summed E-state index contributed by atoms with van der Waals surface area (Å²) in [5.41, 5.74) is 14.7. The van der Waals surface area contributed by atoms with E-state index >= 15 is 0 Å². The molecule has 2 fully saturated rings. The molecule has 1 amide bonds. The summed E-state index contributed by atoms with van der Waals surface area (Å²) in [4.78, 5) is 14.1.